The van der Waals surface area contributed by atoms with E-state index in [2.05, 4.69) is 5.32 Å². The number of ether oxygens (including phenoxy) is 2. The molecule has 2 N–H and O–H groups in total. The molecule has 27 heavy (non-hydrogen) atoms. The molecule has 0 bridgehead atoms. The summed E-state index contributed by atoms with van der Waals surface area (Å²) in [6.45, 7) is 2.91. The summed E-state index contributed by atoms with van der Waals surface area (Å²) in [4.78, 5) is 24.7. The van der Waals surface area contributed by atoms with Gasteiger partial charge in [-0.2, -0.15) is 0 Å². The van der Waals surface area contributed by atoms with Crippen molar-refractivity contribution in [3.8, 4) is 11.5 Å². The lowest BCUT2D eigenvalue weighted by atomic mass is 9.78. The van der Waals surface area contributed by atoms with Crippen LogP contribution >= 0.6 is 0 Å². The maximum atomic E-state index is 12.6. The highest BCUT2D eigenvalue weighted by Crippen LogP contribution is 2.31. The van der Waals surface area contributed by atoms with Gasteiger partial charge in [-0.25, -0.2) is 0 Å². The fourth-order valence-corrected chi connectivity index (χ4v) is 3.18. The van der Waals surface area contributed by atoms with Crippen molar-refractivity contribution in [3.05, 3.63) is 59.7 Å². The molecule has 2 aromatic carbocycles. The molecule has 1 amide bonds. The van der Waals surface area contributed by atoms with Crippen LogP contribution in [-0.2, 0) is 10.2 Å². The Balaban J connectivity index is 1.79. The summed E-state index contributed by atoms with van der Waals surface area (Å²) in [5.74, 6) is -0.166. The van der Waals surface area contributed by atoms with Crippen molar-refractivity contribution in [2.45, 2.75) is 25.2 Å². The van der Waals surface area contributed by atoms with Crippen LogP contribution in [0.15, 0.2) is 48.5 Å². The number of carboxylic acid groups (broad SMARTS) is 1. The maximum absolute atomic E-state index is 12.6. The van der Waals surface area contributed by atoms with Crippen LogP contribution in [0.2, 0.25) is 0 Å². The molecule has 0 saturated heterocycles. The third kappa shape index (κ3) is 3.89. The number of fused-ring (bicyclic) bond motifs is 1. The Hall–Kier alpha value is -3.02. The topological polar surface area (TPSA) is 84.9 Å². The summed E-state index contributed by atoms with van der Waals surface area (Å²) in [6.07, 6.45) is 1.14. The van der Waals surface area contributed by atoms with E-state index in [1.54, 1.807) is 49.4 Å². The molecule has 0 spiro atoms. The quantitative estimate of drug-likeness (QED) is 0.818. The fraction of sp³-hybridized carbons (Fsp3) is 0.333. The number of nitrogens with one attached hydrogen (secondary N) is 1. The first-order valence-electron chi connectivity index (χ1n) is 9.03. The minimum absolute atomic E-state index is 0.00385. The van der Waals surface area contributed by atoms with E-state index < -0.39 is 11.4 Å². The van der Waals surface area contributed by atoms with Crippen LogP contribution in [0.1, 0.15) is 35.7 Å². The first-order chi connectivity index (χ1) is 13.1. The molecule has 3 rings (SSSR count). The van der Waals surface area contributed by atoms with Gasteiger partial charge in [0, 0.05) is 18.5 Å². The second kappa shape index (κ2) is 8.12. The van der Waals surface area contributed by atoms with Gasteiger partial charge >= 0.3 is 5.97 Å². The zero-order chi connectivity index (χ0) is 19.3. The molecule has 1 heterocycles. The molecule has 0 fully saturated rings. The molecular weight excluding hydrogens is 346 g/mol. The summed E-state index contributed by atoms with van der Waals surface area (Å²) in [6, 6.07) is 14.0. The normalized spacial score (nSPS) is 15.3. The van der Waals surface area contributed by atoms with Crippen LogP contribution in [0.25, 0.3) is 0 Å². The van der Waals surface area contributed by atoms with Gasteiger partial charge in [0.15, 0.2) is 11.5 Å². The molecule has 1 aliphatic heterocycles. The predicted octanol–water partition coefficient (Wildman–Crippen LogP) is 3.01. The van der Waals surface area contributed by atoms with Crippen molar-refractivity contribution < 1.29 is 24.2 Å². The van der Waals surface area contributed by atoms with Crippen molar-refractivity contribution >= 4 is 11.9 Å². The fourth-order valence-electron chi connectivity index (χ4n) is 3.18. The predicted molar refractivity (Wildman–Crippen MR) is 100 cm³/mol. The number of hydrogen-bond acceptors (Lipinski definition) is 4. The third-order valence-corrected chi connectivity index (χ3v) is 4.90. The van der Waals surface area contributed by atoms with E-state index in [0.717, 1.165) is 6.42 Å². The average molecular weight is 369 g/mol. The van der Waals surface area contributed by atoms with Crippen molar-refractivity contribution in [3.63, 3.8) is 0 Å². The Labute approximate surface area is 158 Å². The maximum Gasteiger partial charge on any atom is 0.315 e. The second-order valence-corrected chi connectivity index (χ2v) is 6.50. The Bertz CT molecular complexity index is 821. The summed E-state index contributed by atoms with van der Waals surface area (Å²) >= 11 is 0. The van der Waals surface area contributed by atoms with Gasteiger partial charge in [-0.05, 0) is 30.2 Å². The first-order valence-corrected chi connectivity index (χ1v) is 9.03. The number of carbonyl (C=O) groups is 2. The largest absolute Gasteiger partial charge is 0.490 e. The van der Waals surface area contributed by atoms with Crippen molar-refractivity contribution in [2.24, 2.45) is 0 Å². The summed E-state index contributed by atoms with van der Waals surface area (Å²) < 4.78 is 11.2. The van der Waals surface area contributed by atoms with Gasteiger partial charge in [-0.1, -0.05) is 37.3 Å². The number of hydrogen-bond donors (Lipinski definition) is 2. The van der Waals surface area contributed by atoms with E-state index in [-0.39, 0.29) is 12.5 Å². The molecule has 142 valence electrons. The van der Waals surface area contributed by atoms with Crippen molar-refractivity contribution in [1.29, 1.82) is 0 Å². The molecule has 6 nitrogen and oxygen atoms in total. The van der Waals surface area contributed by atoms with Crippen LogP contribution in [0.5, 0.6) is 11.5 Å². The van der Waals surface area contributed by atoms with Gasteiger partial charge in [-0.3, -0.25) is 9.59 Å². The molecule has 1 atom stereocenters. The monoisotopic (exact) mass is 369 g/mol. The van der Waals surface area contributed by atoms with E-state index in [1.807, 2.05) is 6.07 Å². The molecule has 2 aromatic rings. The van der Waals surface area contributed by atoms with E-state index >= 15 is 0 Å². The number of aliphatic carboxylic acids is 1. The second-order valence-electron chi connectivity index (χ2n) is 6.50. The molecular formula is C21H23NO5. The number of carboxylic acids is 1. The molecule has 0 radical (unpaired) electrons. The van der Waals surface area contributed by atoms with Gasteiger partial charge < -0.3 is 19.9 Å². The molecule has 0 aromatic heterocycles. The van der Waals surface area contributed by atoms with Gasteiger partial charge in [-0.15, -0.1) is 0 Å². The van der Waals surface area contributed by atoms with Crippen molar-refractivity contribution in [1.82, 2.24) is 5.32 Å². The van der Waals surface area contributed by atoms with Crippen LogP contribution in [0.4, 0.5) is 0 Å². The summed E-state index contributed by atoms with van der Waals surface area (Å²) in [5, 5.41) is 12.6. The van der Waals surface area contributed by atoms with Crippen LogP contribution in [0, 0.1) is 0 Å². The van der Waals surface area contributed by atoms with E-state index in [1.165, 1.54) is 0 Å². The Morgan fingerprint density at radius 2 is 1.78 bits per heavy atom. The number of benzene rings is 2. The summed E-state index contributed by atoms with van der Waals surface area (Å²) in [7, 11) is 0. The molecule has 1 aliphatic rings. The number of rotatable bonds is 6. The molecule has 6 heteroatoms. The highest BCUT2D eigenvalue weighted by molar-refractivity contribution is 5.95. The van der Waals surface area contributed by atoms with Crippen LogP contribution in [-0.4, -0.2) is 36.7 Å². The lowest BCUT2D eigenvalue weighted by Gasteiger charge is -2.29. The Kier molecular flexibility index (Phi) is 5.64. The zero-order valence-electron chi connectivity index (χ0n) is 15.2. The number of amides is 1. The standard InChI is InChI=1S/C21H23NO5/c1-2-21(20(24)25,16-7-4-3-5-8-16)14-22-19(23)15-9-10-17-18(13-15)27-12-6-11-26-17/h3-5,7-10,13H,2,6,11-12,14H2,1H3,(H,22,23)(H,24,25). The van der Waals surface area contributed by atoms with Crippen molar-refractivity contribution in [2.75, 3.05) is 19.8 Å². The lowest BCUT2D eigenvalue weighted by molar-refractivity contribution is -0.143. The Morgan fingerprint density at radius 3 is 2.44 bits per heavy atom. The van der Waals surface area contributed by atoms with Gasteiger partial charge in [0.1, 0.15) is 5.41 Å². The minimum atomic E-state index is -1.18. The van der Waals surface area contributed by atoms with Gasteiger partial charge in [0.25, 0.3) is 5.91 Å². The minimum Gasteiger partial charge on any atom is -0.490 e. The van der Waals surface area contributed by atoms with Gasteiger partial charge in [0.2, 0.25) is 0 Å². The molecule has 1 unspecified atom stereocenters. The SMILES string of the molecule is CCC(CNC(=O)c1ccc2c(c1)OCCCO2)(C(=O)O)c1ccccc1. The van der Waals surface area contributed by atoms with Gasteiger partial charge in [0.05, 0.1) is 13.2 Å². The smallest absolute Gasteiger partial charge is 0.315 e. The highest BCUT2D eigenvalue weighted by atomic mass is 16.5. The first kappa shape index (κ1) is 18.8. The average Bonchev–Trinajstić information content (AvgIpc) is 2.94. The number of carbonyl (C=O) groups excluding carboxylic acids is 1. The molecule has 0 saturated carbocycles. The Morgan fingerprint density at radius 1 is 1.07 bits per heavy atom. The zero-order valence-corrected chi connectivity index (χ0v) is 15.2. The van der Waals surface area contributed by atoms with E-state index in [4.69, 9.17) is 9.47 Å². The highest BCUT2D eigenvalue weighted by Gasteiger charge is 2.39. The van der Waals surface area contributed by atoms with E-state index in [9.17, 15) is 14.7 Å². The molecule has 0 aliphatic carbocycles. The lowest BCUT2D eigenvalue weighted by Crippen LogP contribution is -2.46. The summed E-state index contributed by atoms with van der Waals surface area (Å²) in [5.41, 5.74) is -0.107. The van der Waals surface area contributed by atoms with Crippen LogP contribution in [0.3, 0.4) is 0 Å². The van der Waals surface area contributed by atoms with Crippen LogP contribution < -0.4 is 14.8 Å². The van der Waals surface area contributed by atoms with E-state index in [0.29, 0.717) is 42.3 Å². The third-order valence-electron chi connectivity index (χ3n) is 4.90.